The maximum atomic E-state index is 14.0. The summed E-state index contributed by atoms with van der Waals surface area (Å²) in [7, 11) is 2.90. The van der Waals surface area contributed by atoms with Crippen molar-refractivity contribution in [1.82, 2.24) is 14.5 Å². The van der Waals surface area contributed by atoms with Crippen LogP contribution >= 0.6 is 0 Å². The summed E-state index contributed by atoms with van der Waals surface area (Å²) in [6.07, 6.45) is 4.33. The third kappa shape index (κ3) is 4.72. The van der Waals surface area contributed by atoms with Gasteiger partial charge in [0.2, 0.25) is 0 Å². The van der Waals surface area contributed by atoms with Gasteiger partial charge in [0.25, 0.3) is 5.56 Å². The molecule has 0 saturated carbocycles. The van der Waals surface area contributed by atoms with Crippen molar-refractivity contribution in [2.75, 3.05) is 13.4 Å². The van der Waals surface area contributed by atoms with Gasteiger partial charge in [0.05, 0.1) is 19.6 Å². The molecule has 2 aromatic heterocycles. The molecule has 0 fully saturated rings. The fourth-order valence-corrected chi connectivity index (χ4v) is 3.08. The Bertz CT molecular complexity index is 1110. The van der Waals surface area contributed by atoms with Crippen molar-refractivity contribution in [2.45, 2.75) is 5.75 Å². The molecule has 29 heavy (non-hydrogen) atoms. The van der Waals surface area contributed by atoms with Gasteiger partial charge in [0.15, 0.2) is 34.6 Å². The highest BCUT2D eigenvalue weighted by molar-refractivity contribution is 7.89. The minimum absolute atomic E-state index is 0.0712. The van der Waals surface area contributed by atoms with Crippen molar-refractivity contribution in [3.8, 4) is 28.5 Å². The van der Waals surface area contributed by atoms with Crippen LogP contribution in [-0.4, -0.2) is 32.5 Å². The SMILES string of the molecule is COc1cc(-c2nc(C[S+](C)[O-])ncc2Oc2ccc(F)cc2F)cn(C)c1=O. The van der Waals surface area contributed by atoms with Crippen molar-refractivity contribution in [2.24, 2.45) is 7.05 Å². The van der Waals surface area contributed by atoms with Crippen LogP contribution in [0.15, 0.2) is 41.5 Å². The lowest BCUT2D eigenvalue weighted by Crippen LogP contribution is -2.18. The van der Waals surface area contributed by atoms with Crippen molar-refractivity contribution in [1.29, 1.82) is 0 Å². The maximum absolute atomic E-state index is 14.0. The van der Waals surface area contributed by atoms with Gasteiger partial charge < -0.3 is 18.6 Å². The summed E-state index contributed by atoms with van der Waals surface area (Å²) in [6, 6.07) is 4.36. The van der Waals surface area contributed by atoms with Crippen LogP contribution in [0.25, 0.3) is 11.3 Å². The fourth-order valence-electron chi connectivity index (χ4n) is 2.57. The van der Waals surface area contributed by atoms with Gasteiger partial charge in [0, 0.05) is 24.9 Å². The molecule has 0 spiro atoms. The summed E-state index contributed by atoms with van der Waals surface area (Å²) in [6.45, 7) is 0. The highest BCUT2D eigenvalue weighted by atomic mass is 32.2. The zero-order valence-electron chi connectivity index (χ0n) is 15.8. The molecule has 10 heteroatoms. The van der Waals surface area contributed by atoms with Crippen molar-refractivity contribution in [3.05, 3.63) is 64.5 Å². The van der Waals surface area contributed by atoms with Gasteiger partial charge in [0.1, 0.15) is 11.5 Å². The van der Waals surface area contributed by atoms with E-state index < -0.39 is 22.8 Å². The molecule has 2 heterocycles. The largest absolute Gasteiger partial charge is 0.616 e. The summed E-state index contributed by atoms with van der Waals surface area (Å²) < 4.78 is 50.8. The van der Waals surface area contributed by atoms with Crippen LogP contribution in [0, 0.1) is 11.6 Å². The number of ether oxygens (including phenoxy) is 2. The standard InChI is InChI=1S/C19H17F2N3O4S/c1-24-9-11(6-15(27-2)19(24)25)18-16(8-22-17(23-18)10-29(3)26)28-14-5-4-12(20)7-13(14)21/h4-9H,10H2,1-3H3. The van der Waals surface area contributed by atoms with Crippen molar-refractivity contribution >= 4 is 11.2 Å². The predicted octanol–water partition coefficient (Wildman–Crippen LogP) is 2.80. The van der Waals surface area contributed by atoms with Gasteiger partial charge >= 0.3 is 0 Å². The minimum atomic E-state index is -1.19. The summed E-state index contributed by atoms with van der Waals surface area (Å²) in [5.74, 6) is -1.34. The highest BCUT2D eigenvalue weighted by Gasteiger charge is 2.18. The van der Waals surface area contributed by atoms with Crippen LogP contribution in [0.3, 0.4) is 0 Å². The molecule has 7 nitrogen and oxygen atoms in total. The molecule has 0 bridgehead atoms. The van der Waals surface area contributed by atoms with Gasteiger partial charge in [-0.1, -0.05) is 0 Å². The van der Waals surface area contributed by atoms with E-state index in [1.165, 1.54) is 43.4 Å². The number of methoxy groups -OCH3 is 1. The van der Waals surface area contributed by atoms with E-state index in [4.69, 9.17) is 9.47 Å². The lowest BCUT2D eigenvalue weighted by Gasteiger charge is -2.14. The highest BCUT2D eigenvalue weighted by Crippen LogP contribution is 2.33. The molecule has 0 aliphatic heterocycles. The molecule has 1 atom stereocenters. The average molecular weight is 421 g/mol. The number of rotatable bonds is 6. The van der Waals surface area contributed by atoms with Crippen molar-refractivity contribution in [3.63, 3.8) is 0 Å². The monoisotopic (exact) mass is 421 g/mol. The first-order chi connectivity index (χ1) is 13.8. The molecule has 3 rings (SSSR count). The Kier molecular flexibility index (Phi) is 6.14. The zero-order valence-corrected chi connectivity index (χ0v) is 16.6. The molecule has 152 valence electrons. The second-order valence-corrected chi connectivity index (χ2v) is 7.54. The fraction of sp³-hybridized carbons (Fsp3) is 0.211. The third-order valence-corrected chi connectivity index (χ3v) is 4.56. The van der Waals surface area contributed by atoms with Crippen LogP contribution in [0.2, 0.25) is 0 Å². The Balaban J connectivity index is 2.14. The van der Waals surface area contributed by atoms with Gasteiger partial charge in [-0.15, -0.1) is 0 Å². The molecule has 0 radical (unpaired) electrons. The Morgan fingerprint density at radius 3 is 2.62 bits per heavy atom. The van der Waals surface area contributed by atoms with Crippen LogP contribution in [-0.2, 0) is 24.0 Å². The third-order valence-electron chi connectivity index (χ3n) is 3.90. The molecule has 1 aromatic carbocycles. The Hall–Kier alpha value is -2.98. The quantitative estimate of drug-likeness (QED) is 0.569. The Labute approximate surface area is 168 Å². The molecule has 0 amide bonds. The molecule has 3 aromatic rings. The zero-order chi connectivity index (χ0) is 21.1. The predicted molar refractivity (Wildman–Crippen MR) is 103 cm³/mol. The van der Waals surface area contributed by atoms with E-state index >= 15 is 0 Å². The number of hydrogen-bond donors (Lipinski definition) is 0. The van der Waals surface area contributed by atoms with Crippen LogP contribution in [0.5, 0.6) is 17.2 Å². The number of nitrogens with zero attached hydrogens (tertiary/aromatic N) is 3. The molecular weight excluding hydrogens is 404 g/mol. The topological polar surface area (TPSA) is 89.3 Å². The second kappa shape index (κ2) is 8.58. The van der Waals surface area contributed by atoms with Gasteiger partial charge in [-0.2, -0.15) is 0 Å². The first-order valence-electron chi connectivity index (χ1n) is 8.32. The lowest BCUT2D eigenvalue weighted by molar-refractivity contribution is 0.405. The van der Waals surface area contributed by atoms with Gasteiger partial charge in [-0.05, 0) is 29.4 Å². The van der Waals surface area contributed by atoms with E-state index in [2.05, 4.69) is 9.97 Å². The van der Waals surface area contributed by atoms with E-state index in [9.17, 15) is 18.1 Å². The molecule has 0 aliphatic carbocycles. The summed E-state index contributed by atoms with van der Waals surface area (Å²) >= 11 is -1.19. The number of pyridine rings is 1. The van der Waals surface area contributed by atoms with E-state index in [1.54, 1.807) is 0 Å². The Morgan fingerprint density at radius 1 is 1.21 bits per heavy atom. The number of hydrogen-bond acceptors (Lipinski definition) is 6. The van der Waals surface area contributed by atoms with E-state index in [0.717, 1.165) is 12.1 Å². The molecule has 0 saturated heterocycles. The summed E-state index contributed by atoms with van der Waals surface area (Å²) in [4.78, 5) is 20.6. The lowest BCUT2D eigenvalue weighted by atomic mass is 10.1. The Morgan fingerprint density at radius 2 is 1.97 bits per heavy atom. The van der Waals surface area contributed by atoms with Crippen LogP contribution in [0.1, 0.15) is 5.82 Å². The first-order valence-corrected chi connectivity index (χ1v) is 10.0. The van der Waals surface area contributed by atoms with E-state index in [0.29, 0.717) is 11.6 Å². The number of benzene rings is 1. The molecular formula is C19H17F2N3O4S. The molecule has 1 unspecified atom stereocenters. The average Bonchev–Trinajstić information content (AvgIpc) is 2.66. The van der Waals surface area contributed by atoms with Gasteiger partial charge in [-0.25, -0.2) is 18.7 Å². The van der Waals surface area contributed by atoms with Crippen LogP contribution < -0.4 is 15.0 Å². The number of aryl methyl sites for hydroxylation is 1. The van der Waals surface area contributed by atoms with Gasteiger partial charge in [-0.3, -0.25) is 4.79 Å². The smallest absolute Gasteiger partial charge is 0.292 e. The summed E-state index contributed by atoms with van der Waals surface area (Å²) in [5, 5.41) is 0. The molecule has 0 N–H and O–H groups in total. The maximum Gasteiger partial charge on any atom is 0.292 e. The second-order valence-electron chi connectivity index (χ2n) is 6.11. The first kappa shape index (κ1) is 20.7. The number of halogens is 2. The normalized spacial score (nSPS) is 11.9. The minimum Gasteiger partial charge on any atom is -0.616 e. The van der Waals surface area contributed by atoms with Crippen molar-refractivity contribution < 1.29 is 22.8 Å². The van der Waals surface area contributed by atoms with Crippen LogP contribution in [0.4, 0.5) is 8.78 Å². The van der Waals surface area contributed by atoms with E-state index in [1.807, 2.05) is 0 Å². The number of aromatic nitrogens is 3. The molecule has 0 aliphatic rings. The van der Waals surface area contributed by atoms with E-state index in [-0.39, 0.29) is 40.1 Å². The summed E-state index contributed by atoms with van der Waals surface area (Å²) in [5.41, 5.74) is 0.317.